The number of halogens is 3. The zero-order valence-electron chi connectivity index (χ0n) is 10.8. The molecule has 1 aromatic carbocycles. The Kier molecular flexibility index (Phi) is 4.21. The molecule has 0 radical (unpaired) electrons. The highest BCUT2D eigenvalue weighted by atomic mass is 79.9. The quantitative estimate of drug-likeness (QED) is 0.706. The molecule has 0 amide bonds. The van der Waals surface area contributed by atoms with E-state index < -0.39 is 0 Å². The van der Waals surface area contributed by atoms with E-state index in [1.807, 2.05) is 20.8 Å². The van der Waals surface area contributed by atoms with E-state index in [0.29, 0.717) is 15.5 Å². The summed E-state index contributed by atoms with van der Waals surface area (Å²) in [6.45, 7) is 6.00. The van der Waals surface area contributed by atoms with Gasteiger partial charge in [-0.05, 0) is 47.0 Å². The van der Waals surface area contributed by atoms with Crippen LogP contribution < -0.4 is 0 Å². The standard InChI is InChI=1S/C14H13BrClFN2/c1-7(2)12-8(3)18-14(19-13(12)16)10-5-4-9(17)6-11(10)15/h4-7H,1-3H3. The van der Waals surface area contributed by atoms with Gasteiger partial charge >= 0.3 is 0 Å². The highest BCUT2D eigenvalue weighted by molar-refractivity contribution is 9.10. The first-order valence-electron chi connectivity index (χ1n) is 5.89. The Morgan fingerprint density at radius 3 is 2.47 bits per heavy atom. The van der Waals surface area contributed by atoms with E-state index in [1.165, 1.54) is 12.1 Å². The molecule has 0 saturated carbocycles. The summed E-state index contributed by atoms with van der Waals surface area (Å²) < 4.78 is 13.7. The lowest BCUT2D eigenvalue weighted by molar-refractivity contribution is 0.627. The van der Waals surface area contributed by atoms with Crippen LogP contribution in [0.15, 0.2) is 22.7 Å². The molecule has 0 fully saturated rings. The third-order valence-electron chi connectivity index (χ3n) is 2.84. The van der Waals surface area contributed by atoms with Crippen LogP contribution in [0, 0.1) is 12.7 Å². The second-order valence-electron chi connectivity index (χ2n) is 4.62. The highest BCUT2D eigenvalue weighted by Crippen LogP contribution is 2.31. The Balaban J connectivity index is 2.58. The summed E-state index contributed by atoms with van der Waals surface area (Å²) in [5.74, 6) is 0.453. The van der Waals surface area contributed by atoms with Crippen molar-refractivity contribution in [2.24, 2.45) is 0 Å². The van der Waals surface area contributed by atoms with Gasteiger partial charge in [0.2, 0.25) is 0 Å². The van der Waals surface area contributed by atoms with E-state index in [-0.39, 0.29) is 11.7 Å². The molecule has 0 spiro atoms. The van der Waals surface area contributed by atoms with E-state index in [9.17, 15) is 4.39 Å². The summed E-state index contributed by atoms with van der Waals surface area (Å²) in [6.07, 6.45) is 0. The molecule has 0 aliphatic carbocycles. The van der Waals surface area contributed by atoms with Gasteiger partial charge in [-0.1, -0.05) is 25.4 Å². The first-order chi connectivity index (χ1) is 8.90. The molecule has 0 aliphatic rings. The van der Waals surface area contributed by atoms with Crippen molar-refractivity contribution in [3.63, 3.8) is 0 Å². The maximum absolute atomic E-state index is 13.1. The molecular formula is C14H13BrClFN2. The molecule has 0 bridgehead atoms. The van der Waals surface area contributed by atoms with Gasteiger partial charge in [0.25, 0.3) is 0 Å². The number of benzene rings is 1. The molecule has 2 aromatic rings. The van der Waals surface area contributed by atoms with Crippen LogP contribution in [0.1, 0.15) is 31.0 Å². The summed E-state index contributed by atoms with van der Waals surface area (Å²) in [6, 6.07) is 4.40. The van der Waals surface area contributed by atoms with Gasteiger partial charge in [0.05, 0.1) is 0 Å². The lowest BCUT2D eigenvalue weighted by atomic mass is 10.0. The highest BCUT2D eigenvalue weighted by Gasteiger charge is 2.15. The average Bonchev–Trinajstić information content (AvgIpc) is 2.26. The third-order valence-corrected chi connectivity index (χ3v) is 3.78. The molecular weight excluding hydrogens is 331 g/mol. The minimum atomic E-state index is -0.308. The van der Waals surface area contributed by atoms with Crippen LogP contribution in [-0.4, -0.2) is 9.97 Å². The van der Waals surface area contributed by atoms with Crippen LogP contribution in [0.5, 0.6) is 0 Å². The van der Waals surface area contributed by atoms with Gasteiger partial charge in [0.15, 0.2) is 5.82 Å². The van der Waals surface area contributed by atoms with Crippen LogP contribution >= 0.6 is 27.5 Å². The molecule has 0 N–H and O–H groups in total. The summed E-state index contributed by atoms with van der Waals surface area (Å²) in [5, 5.41) is 0.453. The van der Waals surface area contributed by atoms with Crippen LogP contribution in [0.25, 0.3) is 11.4 Å². The molecule has 0 aliphatic heterocycles. The molecule has 2 nitrogen and oxygen atoms in total. The predicted molar refractivity (Wildman–Crippen MR) is 79.0 cm³/mol. The summed E-state index contributed by atoms with van der Waals surface area (Å²) in [7, 11) is 0. The van der Waals surface area contributed by atoms with Crippen molar-refractivity contribution >= 4 is 27.5 Å². The van der Waals surface area contributed by atoms with Gasteiger partial charge in [0.1, 0.15) is 11.0 Å². The van der Waals surface area contributed by atoms with E-state index in [4.69, 9.17) is 11.6 Å². The fourth-order valence-corrected chi connectivity index (χ4v) is 2.96. The minimum absolute atomic E-state index is 0.262. The summed E-state index contributed by atoms with van der Waals surface area (Å²) in [5.41, 5.74) is 2.52. The van der Waals surface area contributed by atoms with Crippen molar-refractivity contribution in [2.75, 3.05) is 0 Å². The van der Waals surface area contributed by atoms with E-state index in [2.05, 4.69) is 25.9 Å². The SMILES string of the molecule is Cc1nc(-c2ccc(F)cc2Br)nc(Cl)c1C(C)C. The second-order valence-corrected chi connectivity index (χ2v) is 5.83. The largest absolute Gasteiger partial charge is 0.233 e. The molecule has 19 heavy (non-hydrogen) atoms. The predicted octanol–water partition coefficient (Wildman–Crippen LogP) is 5.13. The Labute approximate surface area is 125 Å². The minimum Gasteiger partial charge on any atom is -0.233 e. The third kappa shape index (κ3) is 2.95. The smallest absolute Gasteiger partial charge is 0.162 e. The van der Waals surface area contributed by atoms with Crippen LogP contribution in [0.2, 0.25) is 5.15 Å². The lowest BCUT2D eigenvalue weighted by Gasteiger charge is -2.13. The Morgan fingerprint density at radius 1 is 1.26 bits per heavy atom. The first kappa shape index (κ1) is 14.4. The molecule has 1 heterocycles. The summed E-state index contributed by atoms with van der Waals surface area (Å²) >= 11 is 9.54. The van der Waals surface area contributed by atoms with Crippen molar-refractivity contribution in [3.05, 3.63) is 44.9 Å². The van der Waals surface area contributed by atoms with E-state index in [1.54, 1.807) is 6.07 Å². The molecule has 0 saturated heterocycles. The maximum Gasteiger partial charge on any atom is 0.162 e. The monoisotopic (exact) mass is 342 g/mol. The normalized spacial score (nSPS) is 11.1. The van der Waals surface area contributed by atoms with Crippen molar-refractivity contribution < 1.29 is 4.39 Å². The topological polar surface area (TPSA) is 25.8 Å². The number of aromatic nitrogens is 2. The zero-order valence-corrected chi connectivity index (χ0v) is 13.2. The molecule has 0 unspecified atom stereocenters. The number of rotatable bonds is 2. The molecule has 100 valence electrons. The van der Waals surface area contributed by atoms with Crippen LogP contribution in [-0.2, 0) is 0 Å². The van der Waals surface area contributed by atoms with Crippen molar-refractivity contribution in [2.45, 2.75) is 26.7 Å². The van der Waals surface area contributed by atoms with Gasteiger partial charge < -0.3 is 0 Å². The molecule has 2 rings (SSSR count). The van der Waals surface area contributed by atoms with Crippen molar-refractivity contribution in [1.29, 1.82) is 0 Å². The molecule has 0 atom stereocenters. The van der Waals surface area contributed by atoms with Gasteiger partial charge in [-0.25, -0.2) is 14.4 Å². The Bertz CT molecular complexity index is 606. The Morgan fingerprint density at radius 2 is 1.95 bits per heavy atom. The van der Waals surface area contributed by atoms with Crippen molar-refractivity contribution in [1.82, 2.24) is 9.97 Å². The molecule has 5 heteroatoms. The van der Waals surface area contributed by atoms with Gasteiger partial charge in [-0.15, -0.1) is 0 Å². The average molecular weight is 344 g/mol. The van der Waals surface area contributed by atoms with E-state index >= 15 is 0 Å². The number of hydrogen-bond acceptors (Lipinski definition) is 2. The van der Waals surface area contributed by atoms with Gasteiger partial charge in [0, 0.05) is 21.3 Å². The first-order valence-corrected chi connectivity index (χ1v) is 7.06. The second kappa shape index (κ2) is 5.55. The molecule has 1 aromatic heterocycles. The van der Waals surface area contributed by atoms with Gasteiger partial charge in [-0.3, -0.25) is 0 Å². The van der Waals surface area contributed by atoms with Crippen molar-refractivity contribution in [3.8, 4) is 11.4 Å². The zero-order chi connectivity index (χ0) is 14.2. The Hall–Kier alpha value is -1.00. The number of hydrogen-bond donors (Lipinski definition) is 0. The number of nitrogens with zero attached hydrogens (tertiary/aromatic N) is 2. The van der Waals surface area contributed by atoms with E-state index in [0.717, 1.165) is 16.8 Å². The van der Waals surface area contributed by atoms with Crippen LogP contribution in [0.4, 0.5) is 4.39 Å². The number of aryl methyl sites for hydroxylation is 1. The fourth-order valence-electron chi connectivity index (χ4n) is 1.99. The van der Waals surface area contributed by atoms with Crippen LogP contribution in [0.3, 0.4) is 0 Å². The van der Waals surface area contributed by atoms with Gasteiger partial charge in [-0.2, -0.15) is 0 Å². The summed E-state index contributed by atoms with van der Waals surface area (Å²) in [4.78, 5) is 8.79. The maximum atomic E-state index is 13.1. The lowest BCUT2D eigenvalue weighted by Crippen LogP contribution is -2.02. The fraction of sp³-hybridized carbons (Fsp3) is 0.286.